The molecular formula is C25H30O5. The van der Waals surface area contributed by atoms with Gasteiger partial charge in [-0.15, -0.1) is 0 Å². The average Bonchev–Trinajstić information content (AvgIpc) is 3.11. The van der Waals surface area contributed by atoms with Crippen molar-refractivity contribution < 1.29 is 24.5 Å². The summed E-state index contributed by atoms with van der Waals surface area (Å²) in [4.78, 5) is 23.3. The first-order chi connectivity index (χ1) is 14.5. The van der Waals surface area contributed by atoms with E-state index in [-0.39, 0.29) is 24.2 Å². The van der Waals surface area contributed by atoms with E-state index in [0.717, 1.165) is 42.4 Å². The molecule has 1 fully saturated rings. The highest BCUT2D eigenvalue weighted by molar-refractivity contribution is 5.84. The Bertz CT molecular complexity index is 858. The Kier molecular flexibility index (Phi) is 7.63. The lowest BCUT2D eigenvalue weighted by molar-refractivity contribution is -0.139. The maximum atomic E-state index is 12.6. The summed E-state index contributed by atoms with van der Waals surface area (Å²) in [5, 5.41) is 19.1. The van der Waals surface area contributed by atoms with Gasteiger partial charge in [0.2, 0.25) is 0 Å². The number of hydrogen-bond acceptors (Lipinski definition) is 4. The highest BCUT2D eigenvalue weighted by atomic mass is 16.5. The lowest BCUT2D eigenvalue weighted by Crippen LogP contribution is -2.17. The zero-order valence-electron chi connectivity index (χ0n) is 17.4. The number of ketones is 1. The SMILES string of the molecule is CCCCC(O)c1ccc(C2CCC(=O)C2Cc2cccc(OCC(=O)O)c2)cc1. The van der Waals surface area contributed by atoms with E-state index in [1.54, 1.807) is 6.07 Å². The molecule has 0 bridgehead atoms. The standard InChI is InChI=1S/C25H30O5/c1-2-3-7-23(26)19-10-8-18(9-11-19)21-12-13-24(27)22(21)15-17-5-4-6-20(14-17)30-16-25(28)29/h4-6,8-11,14,21-23,26H,2-3,7,12-13,15-16H2,1H3,(H,28,29). The fourth-order valence-electron chi connectivity index (χ4n) is 4.25. The summed E-state index contributed by atoms with van der Waals surface area (Å²) in [6.07, 6.45) is 4.39. The maximum Gasteiger partial charge on any atom is 0.341 e. The molecule has 1 saturated carbocycles. The molecule has 1 aliphatic rings. The van der Waals surface area contributed by atoms with E-state index in [1.165, 1.54) is 0 Å². The van der Waals surface area contributed by atoms with Crippen LogP contribution in [-0.2, 0) is 16.0 Å². The van der Waals surface area contributed by atoms with Crippen molar-refractivity contribution in [2.75, 3.05) is 6.61 Å². The van der Waals surface area contributed by atoms with Crippen molar-refractivity contribution in [1.82, 2.24) is 0 Å². The Morgan fingerprint density at radius 3 is 2.67 bits per heavy atom. The van der Waals surface area contributed by atoms with Gasteiger partial charge < -0.3 is 14.9 Å². The van der Waals surface area contributed by atoms with Crippen LogP contribution >= 0.6 is 0 Å². The fourth-order valence-corrected chi connectivity index (χ4v) is 4.25. The normalized spacial score (nSPS) is 19.6. The monoisotopic (exact) mass is 410 g/mol. The van der Waals surface area contributed by atoms with Crippen LogP contribution in [0.3, 0.4) is 0 Å². The maximum absolute atomic E-state index is 12.6. The van der Waals surface area contributed by atoms with Crippen molar-refractivity contribution in [3.8, 4) is 5.75 Å². The molecule has 3 unspecified atom stereocenters. The Morgan fingerprint density at radius 2 is 1.97 bits per heavy atom. The van der Waals surface area contributed by atoms with Crippen molar-refractivity contribution in [3.63, 3.8) is 0 Å². The third-order valence-electron chi connectivity index (χ3n) is 5.90. The predicted molar refractivity (Wildman–Crippen MR) is 115 cm³/mol. The van der Waals surface area contributed by atoms with Gasteiger partial charge in [-0.1, -0.05) is 56.2 Å². The highest BCUT2D eigenvalue weighted by Gasteiger charge is 2.35. The molecule has 0 heterocycles. The molecule has 0 spiro atoms. The number of rotatable bonds is 10. The van der Waals surface area contributed by atoms with Gasteiger partial charge in [-0.25, -0.2) is 4.79 Å². The van der Waals surface area contributed by atoms with E-state index in [1.807, 2.05) is 42.5 Å². The van der Waals surface area contributed by atoms with Crippen LogP contribution in [0.25, 0.3) is 0 Å². The summed E-state index contributed by atoms with van der Waals surface area (Å²) in [5.41, 5.74) is 3.03. The summed E-state index contributed by atoms with van der Waals surface area (Å²) in [7, 11) is 0. The number of hydrogen-bond donors (Lipinski definition) is 2. The molecule has 2 aromatic carbocycles. The largest absolute Gasteiger partial charge is 0.482 e. The van der Waals surface area contributed by atoms with Crippen LogP contribution in [-0.4, -0.2) is 28.6 Å². The molecule has 2 N–H and O–H groups in total. The van der Waals surface area contributed by atoms with Gasteiger partial charge in [0.05, 0.1) is 6.10 Å². The quantitative estimate of drug-likeness (QED) is 0.594. The molecule has 1 aliphatic carbocycles. The number of carboxylic acid groups (broad SMARTS) is 1. The molecule has 30 heavy (non-hydrogen) atoms. The summed E-state index contributed by atoms with van der Waals surface area (Å²) >= 11 is 0. The first-order valence-electron chi connectivity index (χ1n) is 10.7. The highest BCUT2D eigenvalue weighted by Crippen LogP contribution is 2.40. The molecule has 3 rings (SSSR count). The Hall–Kier alpha value is -2.66. The number of Topliss-reactive ketones (excluding diaryl/α,β-unsaturated/α-hetero) is 1. The molecule has 0 aromatic heterocycles. The predicted octanol–water partition coefficient (Wildman–Crippen LogP) is 4.68. The minimum atomic E-state index is -1.02. The number of aliphatic hydroxyl groups is 1. The minimum absolute atomic E-state index is 0.101. The van der Waals surface area contributed by atoms with Crippen molar-refractivity contribution >= 4 is 11.8 Å². The van der Waals surface area contributed by atoms with Gasteiger partial charge in [-0.2, -0.15) is 0 Å². The van der Waals surface area contributed by atoms with E-state index in [0.29, 0.717) is 18.6 Å². The molecule has 0 aliphatic heterocycles. The molecule has 5 nitrogen and oxygen atoms in total. The van der Waals surface area contributed by atoms with Crippen LogP contribution in [0.1, 0.15) is 67.7 Å². The zero-order chi connectivity index (χ0) is 21.5. The second-order valence-corrected chi connectivity index (χ2v) is 8.08. The number of unbranched alkanes of at least 4 members (excludes halogenated alkanes) is 1. The first-order valence-corrected chi connectivity index (χ1v) is 10.7. The number of ether oxygens (including phenoxy) is 1. The number of carboxylic acids is 1. The van der Waals surface area contributed by atoms with Crippen LogP contribution in [0.5, 0.6) is 5.75 Å². The fraction of sp³-hybridized carbons (Fsp3) is 0.440. The van der Waals surface area contributed by atoms with E-state index in [4.69, 9.17) is 9.84 Å². The van der Waals surface area contributed by atoms with Crippen molar-refractivity contribution in [3.05, 3.63) is 65.2 Å². The van der Waals surface area contributed by atoms with Gasteiger partial charge in [-0.3, -0.25) is 4.79 Å². The molecule has 0 amide bonds. The van der Waals surface area contributed by atoms with Gasteiger partial charge >= 0.3 is 5.97 Å². The third kappa shape index (κ3) is 5.70. The Morgan fingerprint density at radius 1 is 1.20 bits per heavy atom. The van der Waals surface area contributed by atoms with E-state index < -0.39 is 12.1 Å². The van der Waals surface area contributed by atoms with Gasteiger partial charge in [-0.05, 0) is 54.0 Å². The average molecular weight is 411 g/mol. The Labute approximate surface area is 177 Å². The van der Waals surface area contributed by atoms with E-state index in [9.17, 15) is 14.7 Å². The zero-order valence-corrected chi connectivity index (χ0v) is 17.4. The number of carbonyl (C=O) groups excluding carboxylic acids is 1. The summed E-state index contributed by atoms with van der Waals surface area (Å²) in [6.45, 7) is 1.73. The lowest BCUT2D eigenvalue weighted by Gasteiger charge is -2.20. The number of benzene rings is 2. The third-order valence-corrected chi connectivity index (χ3v) is 5.90. The first kappa shape index (κ1) is 22.0. The number of aliphatic carboxylic acids is 1. The smallest absolute Gasteiger partial charge is 0.341 e. The minimum Gasteiger partial charge on any atom is -0.482 e. The lowest BCUT2D eigenvalue weighted by atomic mass is 9.84. The van der Waals surface area contributed by atoms with Gasteiger partial charge in [0, 0.05) is 12.3 Å². The number of aliphatic hydroxyl groups excluding tert-OH is 1. The van der Waals surface area contributed by atoms with Gasteiger partial charge in [0.1, 0.15) is 11.5 Å². The Balaban J connectivity index is 1.70. The van der Waals surface area contributed by atoms with Gasteiger partial charge in [0.25, 0.3) is 0 Å². The van der Waals surface area contributed by atoms with Crippen LogP contribution < -0.4 is 4.74 Å². The molecule has 5 heteroatoms. The van der Waals surface area contributed by atoms with Crippen molar-refractivity contribution in [2.45, 2.75) is 57.5 Å². The second-order valence-electron chi connectivity index (χ2n) is 8.08. The number of carbonyl (C=O) groups is 2. The molecule has 0 saturated heterocycles. The second kappa shape index (κ2) is 10.4. The van der Waals surface area contributed by atoms with Crippen LogP contribution in [0.4, 0.5) is 0 Å². The molecule has 2 aromatic rings. The van der Waals surface area contributed by atoms with E-state index in [2.05, 4.69) is 6.92 Å². The van der Waals surface area contributed by atoms with Crippen LogP contribution in [0, 0.1) is 5.92 Å². The molecular weight excluding hydrogens is 380 g/mol. The molecule has 160 valence electrons. The van der Waals surface area contributed by atoms with Crippen LogP contribution in [0.15, 0.2) is 48.5 Å². The van der Waals surface area contributed by atoms with Crippen molar-refractivity contribution in [1.29, 1.82) is 0 Å². The van der Waals surface area contributed by atoms with E-state index >= 15 is 0 Å². The summed E-state index contributed by atoms with van der Waals surface area (Å²) < 4.78 is 5.27. The summed E-state index contributed by atoms with van der Waals surface area (Å²) in [5.74, 6) is -0.195. The molecule has 0 radical (unpaired) electrons. The van der Waals surface area contributed by atoms with Crippen LogP contribution in [0.2, 0.25) is 0 Å². The molecule has 3 atom stereocenters. The van der Waals surface area contributed by atoms with Crippen molar-refractivity contribution in [2.24, 2.45) is 5.92 Å². The summed E-state index contributed by atoms with van der Waals surface area (Å²) in [6, 6.07) is 15.4. The topological polar surface area (TPSA) is 83.8 Å². The van der Waals surface area contributed by atoms with Gasteiger partial charge in [0.15, 0.2) is 6.61 Å².